The van der Waals surface area contributed by atoms with Gasteiger partial charge in [0.1, 0.15) is 45.2 Å². The molecule has 35 heavy (non-hydrogen) atoms. The zero-order chi connectivity index (χ0) is 25.5. The molecule has 0 fully saturated rings. The fourth-order valence-corrected chi connectivity index (χ4v) is 4.47. The molecule has 0 aliphatic carbocycles. The van der Waals surface area contributed by atoms with Crippen LogP contribution >= 0.6 is 22.9 Å². The number of aliphatic hydroxyl groups is 1. The van der Waals surface area contributed by atoms with Crippen molar-refractivity contribution in [3.05, 3.63) is 85.6 Å². The van der Waals surface area contributed by atoms with Crippen LogP contribution < -0.4 is 10.3 Å². The normalized spacial score (nSPS) is 11.7. The highest BCUT2D eigenvalue weighted by Crippen LogP contribution is 2.30. The molecule has 0 atom stereocenters. The Morgan fingerprint density at radius 2 is 1.91 bits per heavy atom. The second-order valence-electron chi connectivity index (χ2n) is 8.43. The molecule has 0 aliphatic rings. The van der Waals surface area contributed by atoms with Crippen LogP contribution in [0.3, 0.4) is 0 Å². The van der Waals surface area contributed by atoms with E-state index in [1.54, 1.807) is 44.5 Å². The molecule has 1 N–H and O–H groups in total. The fraction of sp³-hybridized carbons (Fsp3) is 0.250. The molecule has 4 aromatic rings. The Balaban J connectivity index is 1.70. The zero-order valence-electron chi connectivity index (χ0n) is 19.3. The lowest BCUT2D eigenvalue weighted by Gasteiger charge is -2.16. The Bertz CT molecular complexity index is 1480. The Labute approximate surface area is 208 Å². The first kappa shape index (κ1) is 24.9. The van der Waals surface area contributed by atoms with Gasteiger partial charge < -0.3 is 9.84 Å². The monoisotopic (exact) mass is 518 g/mol. The molecule has 0 aliphatic heterocycles. The van der Waals surface area contributed by atoms with Gasteiger partial charge in [-0.1, -0.05) is 11.6 Å². The summed E-state index contributed by atoms with van der Waals surface area (Å²) in [5.41, 5.74) is 1.10. The summed E-state index contributed by atoms with van der Waals surface area (Å²) in [5, 5.41) is 12.4. The van der Waals surface area contributed by atoms with Crippen LogP contribution in [0.25, 0.3) is 16.4 Å². The van der Waals surface area contributed by atoms with Gasteiger partial charge in [-0.3, -0.25) is 19.3 Å². The molecular formula is C24H21ClF2N4O3S. The van der Waals surface area contributed by atoms with Crippen LogP contribution in [0.1, 0.15) is 36.5 Å². The highest BCUT2D eigenvalue weighted by Gasteiger charge is 2.22. The topological polar surface area (TPSA) is 90.1 Å². The molecule has 0 saturated heterocycles. The van der Waals surface area contributed by atoms with Gasteiger partial charge in [0.05, 0.1) is 17.6 Å². The lowest BCUT2D eigenvalue weighted by atomic mass is 10.1. The molecule has 0 unspecified atom stereocenters. The number of nitrogens with zero attached hydrogens (tertiary/aromatic N) is 4. The van der Waals surface area contributed by atoms with E-state index in [1.165, 1.54) is 15.9 Å². The minimum atomic E-state index is -1.09. The molecule has 4 heterocycles. The van der Waals surface area contributed by atoms with E-state index in [1.807, 2.05) is 6.92 Å². The Kier molecular flexibility index (Phi) is 6.72. The third kappa shape index (κ3) is 5.09. The van der Waals surface area contributed by atoms with Gasteiger partial charge in [-0.05, 0) is 39.3 Å². The maximum absolute atomic E-state index is 13.9. The van der Waals surface area contributed by atoms with E-state index < -0.39 is 22.8 Å². The van der Waals surface area contributed by atoms with Crippen LogP contribution in [0.4, 0.5) is 8.78 Å². The Morgan fingerprint density at radius 3 is 2.57 bits per heavy atom. The molecule has 0 spiro atoms. The highest BCUT2D eigenvalue weighted by atomic mass is 35.5. The molecule has 0 aromatic carbocycles. The van der Waals surface area contributed by atoms with E-state index in [-0.39, 0.29) is 23.1 Å². The van der Waals surface area contributed by atoms with Crippen LogP contribution in [0.15, 0.2) is 40.8 Å². The summed E-state index contributed by atoms with van der Waals surface area (Å²) >= 11 is 7.66. The van der Waals surface area contributed by atoms with Crippen molar-refractivity contribution in [2.45, 2.75) is 39.9 Å². The SMILES string of the molecule is Cc1cnc(-c2nc(C(C)(C)O)cs2)cc1-n1c(C)cc(OCc2ncc(F)cc2F)c(Cl)c1=O. The lowest BCUT2D eigenvalue weighted by molar-refractivity contribution is 0.0746. The molecule has 4 rings (SSSR count). The molecule has 11 heteroatoms. The van der Waals surface area contributed by atoms with Crippen molar-refractivity contribution in [3.63, 3.8) is 0 Å². The van der Waals surface area contributed by atoms with Crippen molar-refractivity contribution >= 4 is 22.9 Å². The molecule has 0 radical (unpaired) electrons. The minimum Gasteiger partial charge on any atom is -0.485 e. The summed E-state index contributed by atoms with van der Waals surface area (Å²) in [7, 11) is 0. The molecule has 0 bridgehead atoms. The number of hydrogen-bond acceptors (Lipinski definition) is 7. The van der Waals surface area contributed by atoms with Gasteiger partial charge in [0, 0.05) is 29.4 Å². The summed E-state index contributed by atoms with van der Waals surface area (Å²) in [6.07, 6.45) is 2.51. The van der Waals surface area contributed by atoms with Gasteiger partial charge in [-0.2, -0.15) is 0 Å². The van der Waals surface area contributed by atoms with Crippen LogP contribution in [-0.4, -0.2) is 24.6 Å². The summed E-state index contributed by atoms with van der Waals surface area (Å²) in [6, 6.07) is 3.99. The minimum absolute atomic E-state index is 0.0533. The summed E-state index contributed by atoms with van der Waals surface area (Å²) < 4.78 is 33.9. The molecule has 7 nitrogen and oxygen atoms in total. The van der Waals surface area contributed by atoms with E-state index in [0.29, 0.717) is 33.8 Å². The number of thiazole rings is 1. The summed E-state index contributed by atoms with van der Waals surface area (Å²) in [5.74, 6) is -1.61. The van der Waals surface area contributed by atoms with Crippen LogP contribution in [0, 0.1) is 25.5 Å². The summed E-state index contributed by atoms with van der Waals surface area (Å²) in [6.45, 7) is 6.48. The number of pyridine rings is 3. The smallest absolute Gasteiger partial charge is 0.277 e. The largest absolute Gasteiger partial charge is 0.485 e. The number of hydrogen-bond donors (Lipinski definition) is 1. The standard InChI is InChI=1S/C24H21ClF2N4O3S/c1-12-8-28-16(22-30-20(11-35-22)24(3,4)33)7-18(12)31-13(2)5-19(21(25)23(31)32)34-10-17-15(27)6-14(26)9-29-17/h5-9,11,33H,10H2,1-4H3. The van der Waals surface area contributed by atoms with Gasteiger partial charge in [0.2, 0.25) is 0 Å². The van der Waals surface area contributed by atoms with E-state index in [2.05, 4.69) is 15.0 Å². The van der Waals surface area contributed by atoms with Crippen molar-refractivity contribution in [3.8, 4) is 22.1 Å². The first-order chi connectivity index (χ1) is 16.5. The van der Waals surface area contributed by atoms with Crippen LogP contribution in [0.5, 0.6) is 5.75 Å². The van der Waals surface area contributed by atoms with E-state index in [0.717, 1.165) is 11.8 Å². The number of halogens is 3. The van der Waals surface area contributed by atoms with Gasteiger partial charge in [0.25, 0.3) is 5.56 Å². The summed E-state index contributed by atoms with van der Waals surface area (Å²) in [4.78, 5) is 25.8. The van der Waals surface area contributed by atoms with Crippen LogP contribution in [0.2, 0.25) is 5.02 Å². The van der Waals surface area contributed by atoms with E-state index in [4.69, 9.17) is 16.3 Å². The number of aromatic nitrogens is 4. The average molecular weight is 519 g/mol. The molecule has 0 amide bonds. The first-order valence-electron chi connectivity index (χ1n) is 10.5. The van der Waals surface area contributed by atoms with E-state index >= 15 is 0 Å². The van der Waals surface area contributed by atoms with Crippen molar-refractivity contribution in [1.29, 1.82) is 0 Å². The van der Waals surface area contributed by atoms with Gasteiger partial charge >= 0.3 is 0 Å². The maximum atomic E-state index is 13.9. The predicted molar refractivity (Wildman–Crippen MR) is 129 cm³/mol. The van der Waals surface area contributed by atoms with Gasteiger partial charge in [0.15, 0.2) is 5.82 Å². The molecule has 0 saturated carbocycles. The Morgan fingerprint density at radius 1 is 1.17 bits per heavy atom. The number of aryl methyl sites for hydroxylation is 2. The van der Waals surface area contributed by atoms with Gasteiger partial charge in [-0.15, -0.1) is 11.3 Å². The maximum Gasteiger partial charge on any atom is 0.277 e. The Hall–Kier alpha value is -3.21. The lowest BCUT2D eigenvalue weighted by Crippen LogP contribution is -2.23. The number of rotatable bonds is 6. The third-order valence-electron chi connectivity index (χ3n) is 5.21. The third-order valence-corrected chi connectivity index (χ3v) is 6.43. The average Bonchev–Trinajstić information content (AvgIpc) is 3.28. The molecule has 182 valence electrons. The van der Waals surface area contributed by atoms with Crippen molar-refractivity contribution < 1.29 is 18.6 Å². The zero-order valence-corrected chi connectivity index (χ0v) is 20.8. The van der Waals surface area contributed by atoms with Crippen LogP contribution in [-0.2, 0) is 12.2 Å². The fourth-order valence-electron chi connectivity index (χ4n) is 3.32. The second kappa shape index (κ2) is 9.44. The highest BCUT2D eigenvalue weighted by molar-refractivity contribution is 7.13. The first-order valence-corrected chi connectivity index (χ1v) is 11.7. The van der Waals surface area contributed by atoms with Crippen molar-refractivity contribution in [1.82, 2.24) is 19.5 Å². The quantitative estimate of drug-likeness (QED) is 0.381. The second-order valence-corrected chi connectivity index (χ2v) is 9.66. The van der Waals surface area contributed by atoms with Crippen molar-refractivity contribution in [2.75, 3.05) is 0 Å². The predicted octanol–water partition coefficient (Wildman–Crippen LogP) is 5.11. The van der Waals surface area contributed by atoms with Crippen molar-refractivity contribution in [2.24, 2.45) is 0 Å². The van der Waals surface area contributed by atoms with Gasteiger partial charge in [-0.25, -0.2) is 13.8 Å². The van der Waals surface area contributed by atoms with E-state index in [9.17, 15) is 18.7 Å². The molecule has 4 aromatic heterocycles. The molecular weight excluding hydrogens is 498 g/mol. The number of ether oxygens (including phenoxy) is 1.